The molecule has 0 atom stereocenters. The van der Waals surface area contributed by atoms with Gasteiger partial charge in [-0.3, -0.25) is 0 Å². The number of fused-ring (bicyclic) bond motifs is 3. The Kier molecular flexibility index (Phi) is 4.07. The summed E-state index contributed by atoms with van der Waals surface area (Å²) in [4.78, 5) is 1.25. The summed E-state index contributed by atoms with van der Waals surface area (Å²) in [5.41, 5.74) is 2.11. The third-order valence-electron chi connectivity index (χ3n) is 3.93. The highest BCUT2D eigenvalue weighted by atomic mass is 127. The van der Waals surface area contributed by atoms with Crippen molar-refractivity contribution in [1.29, 1.82) is 0 Å². The molecule has 3 heteroatoms. The number of hydrogen-bond donors (Lipinski definition) is 0. The van der Waals surface area contributed by atoms with Crippen LogP contribution in [0.4, 0.5) is 0 Å². The SMILES string of the molecule is CCSc1c(-c2ccc(I)cc2)oc2ccc3ccccc3c12. The molecule has 0 unspecified atom stereocenters. The fourth-order valence-electron chi connectivity index (χ4n) is 2.91. The second-order valence-electron chi connectivity index (χ2n) is 5.36. The van der Waals surface area contributed by atoms with Crippen LogP contribution in [0.2, 0.25) is 0 Å². The first-order chi connectivity index (χ1) is 11.3. The Morgan fingerprint density at radius 3 is 2.52 bits per heavy atom. The molecule has 1 heterocycles. The molecular formula is C20H15IOS. The van der Waals surface area contributed by atoms with Crippen molar-refractivity contribution in [2.24, 2.45) is 0 Å². The highest BCUT2D eigenvalue weighted by Crippen LogP contribution is 2.43. The van der Waals surface area contributed by atoms with Crippen LogP contribution in [0.1, 0.15) is 6.92 Å². The summed E-state index contributed by atoms with van der Waals surface area (Å²) in [5, 5.41) is 3.76. The van der Waals surface area contributed by atoms with Crippen LogP contribution in [0.25, 0.3) is 33.1 Å². The molecule has 0 spiro atoms. The molecule has 0 fully saturated rings. The molecule has 0 aliphatic heterocycles. The van der Waals surface area contributed by atoms with Crippen LogP contribution in [0.5, 0.6) is 0 Å². The molecule has 0 radical (unpaired) electrons. The zero-order chi connectivity index (χ0) is 15.8. The van der Waals surface area contributed by atoms with E-state index in [2.05, 4.69) is 90.2 Å². The average Bonchev–Trinajstić information content (AvgIpc) is 2.95. The highest BCUT2D eigenvalue weighted by Gasteiger charge is 2.18. The maximum absolute atomic E-state index is 6.26. The lowest BCUT2D eigenvalue weighted by Crippen LogP contribution is -1.80. The zero-order valence-electron chi connectivity index (χ0n) is 12.7. The molecule has 23 heavy (non-hydrogen) atoms. The maximum Gasteiger partial charge on any atom is 0.148 e. The summed E-state index contributed by atoms with van der Waals surface area (Å²) < 4.78 is 7.50. The van der Waals surface area contributed by atoms with Crippen molar-refractivity contribution >= 4 is 56.1 Å². The summed E-state index contributed by atoms with van der Waals surface area (Å²) >= 11 is 4.19. The first kappa shape index (κ1) is 15.1. The molecule has 1 aromatic heterocycles. The van der Waals surface area contributed by atoms with Crippen LogP contribution in [0.3, 0.4) is 0 Å². The van der Waals surface area contributed by atoms with Gasteiger partial charge in [-0.2, -0.15) is 0 Å². The average molecular weight is 430 g/mol. The van der Waals surface area contributed by atoms with Crippen LogP contribution in [0, 0.1) is 3.57 Å². The van der Waals surface area contributed by atoms with Gasteiger partial charge in [0.05, 0.1) is 4.90 Å². The molecule has 0 N–H and O–H groups in total. The Balaban J connectivity index is 2.06. The van der Waals surface area contributed by atoms with Crippen LogP contribution >= 0.6 is 34.4 Å². The molecule has 1 nitrogen and oxygen atoms in total. The number of hydrogen-bond acceptors (Lipinski definition) is 2. The summed E-state index contributed by atoms with van der Waals surface area (Å²) in [6.45, 7) is 2.19. The lowest BCUT2D eigenvalue weighted by atomic mass is 10.1. The second kappa shape index (κ2) is 6.21. The van der Waals surface area contributed by atoms with Gasteiger partial charge in [-0.15, -0.1) is 11.8 Å². The second-order valence-corrected chi connectivity index (χ2v) is 7.88. The maximum atomic E-state index is 6.26. The lowest BCUT2D eigenvalue weighted by Gasteiger charge is -2.03. The van der Waals surface area contributed by atoms with E-state index in [1.807, 2.05) is 11.8 Å². The molecule has 114 valence electrons. The van der Waals surface area contributed by atoms with Crippen molar-refractivity contribution in [2.75, 3.05) is 5.75 Å². The third kappa shape index (κ3) is 2.66. The predicted molar refractivity (Wildman–Crippen MR) is 108 cm³/mol. The Hall–Kier alpha value is -1.46. The number of halogens is 1. The van der Waals surface area contributed by atoms with E-state index < -0.39 is 0 Å². The Morgan fingerprint density at radius 1 is 0.957 bits per heavy atom. The van der Waals surface area contributed by atoms with Gasteiger partial charge in [0.15, 0.2) is 0 Å². The number of benzene rings is 3. The van der Waals surface area contributed by atoms with Crippen molar-refractivity contribution < 1.29 is 4.42 Å². The van der Waals surface area contributed by atoms with E-state index >= 15 is 0 Å². The minimum absolute atomic E-state index is 0.966. The summed E-state index contributed by atoms with van der Waals surface area (Å²) in [5.74, 6) is 2.01. The van der Waals surface area contributed by atoms with Gasteiger partial charge in [0.25, 0.3) is 0 Å². The van der Waals surface area contributed by atoms with Gasteiger partial charge in [-0.1, -0.05) is 49.4 Å². The van der Waals surface area contributed by atoms with Gasteiger partial charge in [-0.05, 0) is 57.3 Å². The molecule has 0 aliphatic carbocycles. The number of furan rings is 1. The van der Waals surface area contributed by atoms with E-state index in [4.69, 9.17) is 4.42 Å². The Bertz CT molecular complexity index is 986. The fourth-order valence-corrected chi connectivity index (χ4v) is 4.21. The summed E-state index contributed by atoms with van der Waals surface area (Å²) in [6, 6.07) is 21.3. The van der Waals surface area contributed by atoms with E-state index in [1.165, 1.54) is 24.6 Å². The van der Waals surface area contributed by atoms with Gasteiger partial charge >= 0.3 is 0 Å². The fraction of sp³-hybridized carbons (Fsp3) is 0.100. The molecule has 4 aromatic rings. The van der Waals surface area contributed by atoms with Crippen molar-refractivity contribution in [1.82, 2.24) is 0 Å². The van der Waals surface area contributed by atoms with Crippen molar-refractivity contribution in [3.05, 3.63) is 64.2 Å². The van der Waals surface area contributed by atoms with E-state index in [9.17, 15) is 0 Å². The Morgan fingerprint density at radius 2 is 1.74 bits per heavy atom. The first-order valence-electron chi connectivity index (χ1n) is 7.61. The molecule has 4 rings (SSSR count). The highest BCUT2D eigenvalue weighted by molar-refractivity contribution is 14.1. The summed E-state index contributed by atoms with van der Waals surface area (Å²) in [6.07, 6.45) is 0. The normalized spacial score (nSPS) is 11.4. The standard InChI is InChI=1S/C20H15IOS/c1-2-23-20-18-16-6-4-3-5-13(16)9-12-17(18)22-19(20)14-7-10-15(21)11-8-14/h3-12H,2H2,1H3. The molecule has 0 aliphatic rings. The minimum Gasteiger partial charge on any atom is -0.455 e. The molecular weight excluding hydrogens is 415 g/mol. The predicted octanol–water partition coefficient (Wildman–Crippen LogP) is 6.97. The molecule has 0 saturated heterocycles. The molecule has 3 aromatic carbocycles. The first-order valence-corrected chi connectivity index (χ1v) is 9.67. The molecule has 0 saturated carbocycles. The van der Waals surface area contributed by atoms with Crippen LogP contribution in [-0.2, 0) is 0 Å². The van der Waals surface area contributed by atoms with Gasteiger partial charge in [0.2, 0.25) is 0 Å². The van der Waals surface area contributed by atoms with Crippen LogP contribution < -0.4 is 0 Å². The smallest absolute Gasteiger partial charge is 0.148 e. The van der Waals surface area contributed by atoms with E-state index in [-0.39, 0.29) is 0 Å². The molecule has 0 bridgehead atoms. The van der Waals surface area contributed by atoms with Gasteiger partial charge in [0.1, 0.15) is 11.3 Å². The molecule has 0 amide bonds. The van der Waals surface area contributed by atoms with Crippen molar-refractivity contribution in [3.8, 4) is 11.3 Å². The zero-order valence-corrected chi connectivity index (χ0v) is 15.6. The minimum atomic E-state index is 0.966. The van der Waals surface area contributed by atoms with Crippen molar-refractivity contribution in [2.45, 2.75) is 11.8 Å². The summed E-state index contributed by atoms with van der Waals surface area (Å²) in [7, 11) is 0. The van der Waals surface area contributed by atoms with Crippen LogP contribution in [-0.4, -0.2) is 5.75 Å². The van der Waals surface area contributed by atoms with E-state index in [0.29, 0.717) is 0 Å². The monoisotopic (exact) mass is 430 g/mol. The van der Waals surface area contributed by atoms with Crippen LogP contribution in [0.15, 0.2) is 70.0 Å². The van der Waals surface area contributed by atoms with Gasteiger partial charge in [0, 0.05) is 14.5 Å². The van der Waals surface area contributed by atoms with E-state index in [0.717, 1.165) is 22.7 Å². The Labute approximate surface area is 153 Å². The van der Waals surface area contributed by atoms with Crippen molar-refractivity contribution in [3.63, 3.8) is 0 Å². The largest absolute Gasteiger partial charge is 0.455 e. The number of thioether (sulfide) groups is 1. The topological polar surface area (TPSA) is 13.1 Å². The third-order valence-corrected chi connectivity index (χ3v) is 5.62. The van der Waals surface area contributed by atoms with Gasteiger partial charge < -0.3 is 4.42 Å². The van der Waals surface area contributed by atoms with E-state index in [1.54, 1.807) is 0 Å². The quantitative estimate of drug-likeness (QED) is 0.257. The number of rotatable bonds is 3. The van der Waals surface area contributed by atoms with Gasteiger partial charge in [-0.25, -0.2) is 0 Å². The lowest BCUT2D eigenvalue weighted by molar-refractivity contribution is 0.625.